The van der Waals surface area contributed by atoms with E-state index in [0.717, 1.165) is 5.56 Å². The number of hydrogen-bond donors (Lipinski definition) is 0. The zero-order chi connectivity index (χ0) is 16.1. The number of benzene rings is 3. The van der Waals surface area contributed by atoms with Crippen LogP contribution in [0.4, 0.5) is 0 Å². The van der Waals surface area contributed by atoms with Crippen molar-refractivity contribution < 1.29 is 9.09 Å². The fourth-order valence-corrected chi connectivity index (χ4v) is 4.61. The maximum absolute atomic E-state index is 13.6. The Morgan fingerprint density at radius 2 is 1.35 bits per heavy atom. The third-order valence-corrected chi connectivity index (χ3v) is 6.18. The molecule has 2 nitrogen and oxygen atoms in total. The van der Waals surface area contributed by atoms with Gasteiger partial charge in [-0.1, -0.05) is 60.1 Å². The van der Waals surface area contributed by atoms with E-state index in [-0.39, 0.29) is 6.61 Å². The summed E-state index contributed by atoms with van der Waals surface area (Å²) < 4.78 is 19.6. The van der Waals surface area contributed by atoms with Gasteiger partial charge >= 0.3 is 0 Å². The van der Waals surface area contributed by atoms with Crippen LogP contribution in [0.1, 0.15) is 5.56 Å². The van der Waals surface area contributed by atoms with Gasteiger partial charge in [0.15, 0.2) is 0 Å². The molecule has 0 saturated heterocycles. The van der Waals surface area contributed by atoms with E-state index in [4.69, 9.17) is 16.1 Å². The summed E-state index contributed by atoms with van der Waals surface area (Å²) in [7, 11) is -3.15. The first-order valence-corrected chi connectivity index (χ1v) is 9.29. The molecule has 0 aromatic heterocycles. The average Bonchev–Trinajstić information content (AvgIpc) is 2.61. The highest BCUT2D eigenvalue weighted by Crippen LogP contribution is 2.45. The monoisotopic (exact) mass is 342 g/mol. The topological polar surface area (TPSA) is 26.3 Å². The van der Waals surface area contributed by atoms with Crippen LogP contribution in [0.5, 0.6) is 0 Å². The lowest BCUT2D eigenvalue weighted by Crippen LogP contribution is -2.18. The van der Waals surface area contributed by atoms with Crippen molar-refractivity contribution in [2.75, 3.05) is 0 Å². The van der Waals surface area contributed by atoms with Gasteiger partial charge in [-0.2, -0.15) is 0 Å². The van der Waals surface area contributed by atoms with Crippen molar-refractivity contribution in [2.24, 2.45) is 0 Å². The van der Waals surface area contributed by atoms with Crippen LogP contribution in [0.25, 0.3) is 0 Å². The average molecular weight is 343 g/mol. The van der Waals surface area contributed by atoms with Crippen LogP contribution in [0.15, 0.2) is 84.9 Å². The van der Waals surface area contributed by atoms with Crippen LogP contribution in [-0.2, 0) is 15.7 Å². The highest BCUT2D eigenvalue weighted by atomic mass is 35.5. The van der Waals surface area contributed by atoms with Gasteiger partial charge in [-0.05, 0) is 42.0 Å². The van der Waals surface area contributed by atoms with E-state index >= 15 is 0 Å². The Morgan fingerprint density at radius 3 is 1.87 bits per heavy atom. The molecule has 3 rings (SSSR count). The minimum atomic E-state index is -3.15. The van der Waals surface area contributed by atoms with Gasteiger partial charge in [-0.25, -0.2) is 0 Å². The van der Waals surface area contributed by atoms with Crippen molar-refractivity contribution in [3.05, 3.63) is 95.5 Å². The Labute approximate surface area is 141 Å². The van der Waals surface area contributed by atoms with Crippen LogP contribution in [0.2, 0.25) is 5.02 Å². The van der Waals surface area contributed by atoms with Gasteiger partial charge in [-0.15, -0.1) is 0 Å². The number of hydrogen-bond acceptors (Lipinski definition) is 2. The molecule has 0 aliphatic heterocycles. The standard InChI is InChI=1S/C19H16ClO2P/c20-17-9-7-8-16(14-17)15-22-23(21,18-10-3-1-4-11-18)19-12-5-2-6-13-19/h1-14H,15H2. The first-order chi connectivity index (χ1) is 11.2. The largest absolute Gasteiger partial charge is 0.317 e. The summed E-state index contributed by atoms with van der Waals surface area (Å²) >= 11 is 6.00. The molecule has 0 N–H and O–H groups in total. The normalized spacial score (nSPS) is 11.3. The predicted octanol–water partition coefficient (Wildman–Crippen LogP) is 4.79. The van der Waals surface area contributed by atoms with Crippen LogP contribution in [-0.4, -0.2) is 0 Å². The summed E-state index contributed by atoms with van der Waals surface area (Å²) in [5.41, 5.74) is 0.893. The van der Waals surface area contributed by atoms with E-state index in [9.17, 15) is 4.57 Å². The van der Waals surface area contributed by atoms with Gasteiger partial charge in [-0.3, -0.25) is 4.57 Å². The first-order valence-electron chi connectivity index (χ1n) is 7.29. The zero-order valence-corrected chi connectivity index (χ0v) is 14.1. The van der Waals surface area contributed by atoms with Gasteiger partial charge in [0, 0.05) is 15.6 Å². The van der Waals surface area contributed by atoms with E-state index < -0.39 is 7.37 Å². The van der Waals surface area contributed by atoms with Gasteiger partial charge < -0.3 is 4.52 Å². The van der Waals surface area contributed by atoms with E-state index in [2.05, 4.69) is 0 Å². The maximum Gasteiger partial charge on any atom is 0.261 e. The summed E-state index contributed by atoms with van der Waals surface area (Å²) in [5.74, 6) is 0. The van der Waals surface area contributed by atoms with E-state index in [0.29, 0.717) is 15.6 Å². The van der Waals surface area contributed by atoms with Crippen molar-refractivity contribution in [1.29, 1.82) is 0 Å². The highest BCUT2D eigenvalue weighted by molar-refractivity contribution is 7.74. The van der Waals surface area contributed by atoms with E-state index in [1.807, 2.05) is 78.9 Å². The van der Waals surface area contributed by atoms with Gasteiger partial charge in [0.1, 0.15) is 0 Å². The fourth-order valence-electron chi connectivity index (χ4n) is 2.34. The fraction of sp³-hybridized carbons (Fsp3) is 0.0526. The Kier molecular flexibility index (Phi) is 4.97. The Balaban J connectivity index is 1.95. The third-order valence-electron chi connectivity index (χ3n) is 3.49. The molecule has 23 heavy (non-hydrogen) atoms. The molecule has 0 heterocycles. The number of rotatable bonds is 5. The summed E-state index contributed by atoms with van der Waals surface area (Å²) in [6, 6.07) is 26.0. The quantitative estimate of drug-likeness (QED) is 0.623. The second-order valence-corrected chi connectivity index (χ2v) is 7.96. The molecule has 116 valence electrons. The van der Waals surface area contributed by atoms with Gasteiger partial charge in [0.2, 0.25) is 0 Å². The van der Waals surface area contributed by atoms with Crippen molar-refractivity contribution in [1.82, 2.24) is 0 Å². The maximum atomic E-state index is 13.6. The predicted molar refractivity (Wildman–Crippen MR) is 96.0 cm³/mol. The minimum Gasteiger partial charge on any atom is -0.317 e. The molecule has 0 aliphatic carbocycles. The summed E-state index contributed by atoms with van der Waals surface area (Å²) in [5, 5.41) is 2.02. The smallest absolute Gasteiger partial charge is 0.261 e. The first kappa shape index (κ1) is 16.0. The van der Waals surface area contributed by atoms with E-state index in [1.165, 1.54) is 0 Å². The van der Waals surface area contributed by atoms with Crippen LogP contribution in [0.3, 0.4) is 0 Å². The molecule has 0 fully saturated rings. The van der Waals surface area contributed by atoms with Crippen molar-refractivity contribution in [3.8, 4) is 0 Å². The Hall–Kier alpha value is -1.86. The summed E-state index contributed by atoms with van der Waals surface area (Å²) in [6.45, 7) is 0.238. The molecule has 0 amide bonds. The van der Waals surface area contributed by atoms with Crippen molar-refractivity contribution in [2.45, 2.75) is 6.61 Å². The van der Waals surface area contributed by atoms with Gasteiger partial charge in [0.05, 0.1) is 6.61 Å². The van der Waals surface area contributed by atoms with Gasteiger partial charge in [0.25, 0.3) is 7.37 Å². The lowest BCUT2D eigenvalue weighted by Gasteiger charge is -2.19. The Bertz CT molecular complexity index is 776. The summed E-state index contributed by atoms with van der Waals surface area (Å²) in [4.78, 5) is 0. The molecule has 0 radical (unpaired) electrons. The van der Waals surface area contributed by atoms with Crippen LogP contribution < -0.4 is 10.6 Å². The van der Waals surface area contributed by atoms with Crippen LogP contribution in [0, 0.1) is 0 Å². The molecule has 0 atom stereocenters. The Morgan fingerprint density at radius 1 is 0.783 bits per heavy atom. The molecule has 0 aliphatic rings. The third kappa shape index (κ3) is 3.73. The number of halogens is 1. The molecule has 0 spiro atoms. The zero-order valence-electron chi connectivity index (χ0n) is 12.4. The molecule has 3 aromatic carbocycles. The second-order valence-electron chi connectivity index (χ2n) is 5.13. The van der Waals surface area contributed by atoms with Crippen molar-refractivity contribution >= 4 is 29.6 Å². The molecule has 3 aromatic rings. The molecule has 0 saturated carbocycles. The lowest BCUT2D eigenvalue weighted by molar-refractivity contribution is 0.316. The lowest BCUT2D eigenvalue weighted by atomic mass is 10.2. The highest BCUT2D eigenvalue weighted by Gasteiger charge is 2.28. The molecule has 0 bridgehead atoms. The second kappa shape index (κ2) is 7.14. The SMILES string of the molecule is O=P(OCc1cccc(Cl)c1)(c1ccccc1)c1ccccc1. The molecular weight excluding hydrogens is 327 g/mol. The molecule has 4 heteroatoms. The van der Waals surface area contributed by atoms with Crippen molar-refractivity contribution in [3.63, 3.8) is 0 Å². The minimum absolute atomic E-state index is 0.238. The molecule has 0 unspecified atom stereocenters. The van der Waals surface area contributed by atoms with E-state index in [1.54, 1.807) is 6.07 Å². The summed E-state index contributed by atoms with van der Waals surface area (Å²) in [6.07, 6.45) is 0. The van der Waals surface area contributed by atoms with Crippen LogP contribution >= 0.6 is 19.0 Å². The molecular formula is C19H16ClO2P.